The molecule has 14 heavy (non-hydrogen) atoms. The topological polar surface area (TPSA) is 104 Å². The first-order valence-electron chi connectivity index (χ1n) is 3.58. The van der Waals surface area contributed by atoms with Crippen molar-refractivity contribution >= 4 is 5.87 Å². The van der Waals surface area contributed by atoms with Gasteiger partial charge in [0.15, 0.2) is 6.42 Å². The SMILES string of the molecule is CO[CH+]CC(C#N)(C#N)C(=C=N)C#N. The summed E-state index contributed by atoms with van der Waals surface area (Å²) in [6, 6.07) is 4.98. The van der Waals surface area contributed by atoms with Crippen molar-refractivity contribution in [1.82, 2.24) is 0 Å². The first-order chi connectivity index (χ1) is 6.70. The van der Waals surface area contributed by atoms with Crippen LogP contribution < -0.4 is 0 Å². The maximum Gasteiger partial charge on any atom is 0.230 e. The van der Waals surface area contributed by atoms with Crippen molar-refractivity contribution < 1.29 is 4.74 Å². The minimum atomic E-state index is -1.66. The van der Waals surface area contributed by atoms with Crippen LogP contribution in [0.2, 0.25) is 0 Å². The van der Waals surface area contributed by atoms with Crippen LogP contribution >= 0.6 is 0 Å². The highest BCUT2D eigenvalue weighted by Crippen LogP contribution is 2.29. The molecule has 0 aliphatic heterocycles. The highest BCUT2D eigenvalue weighted by molar-refractivity contribution is 5.66. The Hall–Kier alpha value is -2.25. The van der Waals surface area contributed by atoms with E-state index in [0.29, 0.717) is 0 Å². The second-order valence-electron chi connectivity index (χ2n) is 2.35. The maximum atomic E-state index is 8.79. The van der Waals surface area contributed by atoms with Gasteiger partial charge in [-0.3, -0.25) is 5.41 Å². The van der Waals surface area contributed by atoms with Crippen molar-refractivity contribution in [3.63, 3.8) is 0 Å². The van der Waals surface area contributed by atoms with Gasteiger partial charge in [0, 0.05) is 0 Å². The van der Waals surface area contributed by atoms with E-state index >= 15 is 0 Å². The van der Waals surface area contributed by atoms with Crippen molar-refractivity contribution in [2.75, 3.05) is 7.11 Å². The van der Waals surface area contributed by atoms with Gasteiger partial charge in [0.05, 0.1) is 19.2 Å². The van der Waals surface area contributed by atoms with E-state index in [4.69, 9.17) is 21.2 Å². The monoisotopic (exact) mass is 187 g/mol. The molecule has 0 aliphatic carbocycles. The van der Waals surface area contributed by atoms with E-state index in [-0.39, 0.29) is 12.0 Å². The molecule has 0 spiro atoms. The summed E-state index contributed by atoms with van der Waals surface area (Å²) in [7, 11) is 1.37. The van der Waals surface area contributed by atoms with Crippen LogP contribution in [0.1, 0.15) is 6.42 Å². The predicted molar refractivity (Wildman–Crippen MR) is 46.4 cm³/mol. The molecule has 1 N–H and O–H groups in total. The lowest BCUT2D eigenvalue weighted by Gasteiger charge is -2.08. The molecule has 0 fully saturated rings. The number of allylic oxidation sites excluding steroid dienone is 1. The van der Waals surface area contributed by atoms with Gasteiger partial charge in [-0.25, -0.2) is 0 Å². The van der Waals surface area contributed by atoms with Gasteiger partial charge in [0.1, 0.15) is 11.6 Å². The van der Waals surface area contributed by atoms with E-state index in [1.165, 1.54) is 13.7 Å². The van der Waals surface area contributed by atoms with Crippen molar-refractivity contribution in [1.29, 1.82) is 21.2 Å². The molecule has 0 rings (SSSR count). The molecule has 0 bridgehead atoms. The van der Waals surface area contributed by atoms with Crippen molar-refractivity contribution in [3.8, 4) is 18.2 Å². The van der Waals surface area contributed by atoms with Gasteiger partial charge in [-0.05, 0) is 5.87 Å². The van der Waals surface area contributed by atoms with Crippen LogP contribution in [-0.4, -0.2) is 13.0 Å². The Morgan fingerprint density at radius 2 is 2.00 bits per heavy atom. The molecular weight excluding hydrogens is 180 g/mol. The molecule has 0 aromatic carbocycles. The molecule has 0 heterocycles. The van der Waals surface area contributed by atoms with E-state index in [0.717, 1.165) is 0 Å². The number of methoxy groups -OCH3 is 1. The fourth-order valence-corrected chi connectivity index (χ4v) is 0.769. The Morgan fingerprint density at radius 1 is 1.43 bits per heavy atom. The fourth-order valence-electron chi connectivity index (χ4n) is 0.769. The standard InChI is InChI=1S/C9H7N4O/c1-14-3-2-9(6-12,7-13)8(4-10)5-11/h3,10H,2H2,1H3/q+1. The summed E-state index contributed by atoms with van der Waals surface area (Å²) in [4.78, 5) is 0. The smallest absolute Gasteiger partial charge is 0.230 e. The summed E-state index contributed by atoms with van der Waals surface area (Å²) in [5.41, 5.74) is -1.97. The number of hydrogen-bond acceptors (Lipinski definition) is 5. The van der Waals surface area contributed by atoms with Gasteiger partial charge in [-0.1, -0.05) is 0 Å². The highest BCUT2D eigenvalue weighted by atomic mass is 16.5. The van der Waals surface area contributed by atoms with Crippen LogP contribution in [0.25, 0.3) is 0 Å². The number of nitrogens with one attached hydrogen (secondary N) is 1. The molecule has 0 saturated heterocycles. The summed E-state index contributed by atoms with van der Waals surface area (Å²) in [6.45, 7) is 1.24. The Morgan fingerprint density at radius 3 is 2.29 bits per heavy atom. The molecule has 5 heteroatoms. The zero-order valence-electron chi connectivity index (χ0n) is 7.53. The molecule has 0 aliphatic rings. The molecule has 0 aromatic heterocycles. The van der Waals surface area contributed by atoms with Crippen molar-refractivity contribution in [2.45, 2.75) is 6.42 Å². The van der Waals surface area contributed by atoms with Gasteiger partial charge in [-0.15, -0.1) is 0 Å². The Balaban J connectivity index is 5.15. The van der Waals surface area contributed by atoms with Crippen LogP contribution in [-0.2, 0) is 4.74 Å². The van der Waals surface area contributed by atoms with E-state index in [1.54, 1.807) is 24.1 Å². The van der Waals surface area contributed by atoms with Gasteiger partial charge >= 0.3 is 0 Å². The van der Waals surface area contributed by atoms with E-state index in [2.05, 4.69) is 4.74 Å². The molecule has 5 nitrogen and oxygen atoms in total. The molecule has 0 unspecified atom stereocenters. The first-order valence-corrected chi connectivity index (χ1v) is 3.58. The largest absolute Gasteiger partial charge is 0.258 e. The average Bonchev–Trinajstić information content (AvgIpc) is 2.24. The van der Waals surface area contributed by atoms with Gasteiger partial charge < -0.3 is 0 Å². The summed E-state index contributed by atoms with van der Waals surface area (Å²) < 4.78 is 4.60. The van der Waals surface area contributed by atoms with Gasteiger partial charge in [-0.2, -0.15) is 20.5 Å². The second kappa shape index (κ2) is 5.41. The summed E-state index contributed by atoms with van der Waals surface area (Å²) in [5, 5.41) is 33.0. The number of nitrogens with zero attached hydrogens (tertiary/aromatic N) is 3. The van der Waals surface area contributed by atoms with Gasteiger partial charge in [0.25, 0.3) is 0 Å². The third-order valence-corrected chi connectivity index (χ3v) is 1.60. The molecule has 0 saturated carbocycles. The molecular formula is C9H7N4O+. The van der Waals surface area contributed by atoms with Crippen LogP contribution in [0.3, 0.4) is 0 Å². The minimum absolute atomic E-state index is 0.0642. The van der Waals surface area contributed by atoms with Crippen molar-refractivity contribution in [3.05, 3.63) is 12.2 Å². The molecule has 68 valence electrons. The average molecular weight is 187 g/mol. The molecule has 0 atom stereocenters. The quantitative estimate of drug-likeness (QED) is 0.401. The summed E-state index contributed by atoms with van der Waals surface area (Å²) in [5.74, 6) is 1.79. The van der Waals surface area contributed by atoms with Crippen molar-refractivity contribution in [2.24, 2.45) is 5.41 Å². The van der Waals surface area contributed by atoms with Crippen LogP contribution in [0.5, 0.6) is 0 Å². The Labute approximate surface area is 81.9 Å². The Kier molecular flexibility index (Phi) is 4.54. The maximum absolute atomic E-state index is 8.79. The lowest BCUT2D eigenvalue weighted by atomic mass is 9.81. The normalized spacial score (nSPS) is 8.71. The van der Waals surface area contributed by atoms with Gasteiger partial charge in [0.2, 0.25) is 12.0 Å². The zero-order valence-corrected chi connectivity index (χ0v) is 7.53. The highest BCUT2D eigenvalue weighted by Gasteiger charge is 2.40. The second-order valence-corrected chi connectivity index (χ2v) is 2.35. The third kappa shape index (κ3) is 2.12. The third-order valence-electron chi connectivity index (χ3n) is 1.60. The summed E-state index contributed by atoms with van der Waals surface area (Å²) in [6.07, 6.45) is -0.0642. The summed E-state index contributed by atoms with van der Waals surface area (Å²) >= 11 is 0. The number of ether oxygens (including phenoxy) is 1. The lowest BCUT2D eigenvalue weighted by Crippen LogP contribution is -2.19. The fraction of sp³-hybridized carbons (Fsp3) is 0.333. The van der Waals surface area contributed by atoms with Crippen LogP contribution in [0, 0.1) is 51.4 Å². The zero-order chi connectivity index (χ0) is 11.0. The van der Waals surface area contributed by atoms with Crippen LogP contribution in [0.15, 0.2) is 5.57 Å². The van der Waals surface area contributed by atoms with E-state index in [1.807, 2.05) is 0 Å². The predicted octanol–water partition coefficient (Wildman–Crippen LogP) is 0.917. The first kappa shape index (κ1) is 11.8. The number of nitriles is 3. The Bertz CT molecular complexity index is 359. The number of rotatable bonds is 4. The van der Waals surface area contributed by atoms with E-state index in [9.17, 15) is 0 Å². The molecule has 0 radical (unpaired) electrons. The minimum Gasteiger partial charge on any atom is -0.258 e. The number of hydrogen-bond donors (Lipinski definition) is 1. The van der Waals surface area contributed by atoms with E-state index < -0.39 is 5.41 Å². The lowest BCUT2D eigenvalue weighted by molar-refractivity contribution is 0.251. The van der Waals surface area contributed by atoms with Crippen LogP contribution in [0.4, 0.5) is 0 Å². The molecule has 0 aromatic rings. The molecule has 0 amide bonds.